The van der Waals surface area contributed by atoms with Crippen LogP contribution in [0.15, 0.2) is 89.4 Å². The van der Waals surface area contributed by atoms with E-state index in [1.54, 1.807) is 0 Å². The smallest absolute Gasteiger partial charge is 0.164 e. The highest BCUT2D eigenvalue weighted by Gasteiger charge is 2.27. The van der Waals surface area contributed by atoms with Crippen molar-refractivity contribution < 1.29 is 4.79 Å². The second-order valence-corrected chi connectivity index (χ2v) is 8.33. The van der Waals surface area contributed by atoms with Crippen LogP contribution in [0.4, 0.5) is 5.69 Å². The largest absolute Gasteiger partial charge is 0.369 e. The Hall–Kier alpha value is -2.43. The SMILES string of the molecule is O=C(CC(c1ccccc1)N1CCN(c2ccccc2)CC1)c1ccc(Br)cc1. The van der Waals surface area contributed by atoms with E-state index in [1.807, 2.05) is 30.3 Å². The Morgan fingerprint density at radius 1 is 0.793 bits per heavy atom. The van der Waals surface area contributed by atoms with Crippen LogP contribution in [0.1, 0.15) is 28.4 Å². The van der Waals surface area contributed by atoms with E-state index in [0.29, 0.717) is 6.42 Å². The molecule has 4 heteroatoms. The zero-order valence-electron chi connectivity index (χ0n) is 16.4. The van der Waals surface area contributed by atoms with Crippen LogP contribution in [0.2, 0.25) is 0 Å². The molecule has 3 aromatic rings. The number of hydrogen-bond acceptors (Lipinski definition) is 3. The average molecular weight is 449 g/mol. The number of para-hydroxylation sites is 1. The highest BCUT2D eigenvalue weighted by Crippen LogP contribution is 2.28. The Morgan fingerprint density at radius 2 is 1.38 bits per heavy atom. The summed E-state index contributed by atoms with van der Waals surface area (Å²) >= 11 is 3.45. The van der Waals surface area contributed by atoms with Crippen molar-refractivity contribution in [3.8, 4) is 0 Å². The number of Topliss-reactive ketones (excluding diaryl/α,β-unsaturated/α-hetero) is 1. The summed E-state index contributed by atoms with van der Waals surface area (Å²) in [5, 5.41) is 0. The maximum absolute atomic E-state index is 13.0. The molecule has 0 bridgehead atoms. The lowest BCUT2D eigenvalue weighted by Gasteiger charge is -2.40. The fraction of sp³-hybridized carbons (Fsp3) is 0.240. The third-order valence-electron chi connectivity index (χ3n) is 5.61. The predicted molar refractivity (Wildman–Crippen MR) is 123 cm³/mol. The van der Waals surface area contributed by atoms with Gasteiger partial charge in [0.05, 0.1) is 0 Å². The fourth-order valence-corrected chi connectivity index (χ4v) is 4.26. The van der Waals surface area contributed by atoms with Crippen molar-refractivity contribution in [2.24, 2.45) is 0 Å². The Labute approximate surface area is 181 Å². The number of anilines is 1. The summed E-state index contributed by atoms with van der Waals surface area (Å²) in [7, 11) is 0. The molecule has 0 N–H and O–H groups in total. The minimum absolute atomic E-state index is 0.102. The molecule has 1 heterocycles. The van der Waals surface area contributed by atoms with Gasteiger partial charge in [-0.2, -0.15) is 0 Å². The zero-order chi connectivity index (χ0) is 20.1. The summed E-state index contributed by atoms with van der Waals surface area (Å²) in [5.41, 5.74) is 3.26. The average Bonchev–Trinajstić information content (AvgIpc) is 2.79. The van der Waals surface area contributed by atoms with Gasteiger partial charge in [0.1, 0.15) is 0 Å². The van der Waals surface area contributed by atoms with Crippen LogP contribution in [0, 0.1) is 0 Å². The lowest BCUT2D eigenvalue weighted by molar-refractivity contribution is 0.0910. The molecule has 0 amide bonds. The van der Waals surface area contributed by atoms with Crippen LogP contribution >= 0.6 is 15.9 Å². The van der Waals surface area contributed by atoms with Gasteiger partial charge in [-0.05, 0) is 29.8 Å². The van der Waals surface area contributed by atoms with E-state index in [0.717, 1.165) is 36.2 Å². The molecule has 1 aliphatic heterocycles. The molecule has 1 aliphatic rings. The number of ketones is 1. The number of piperazine rings is 1. The van der Waals surface area contributed by atoms with Crippen LogP contribution in [0.25, 0.3) is 0 Å². The van der Waals surface area contributed by atoms with Crippen molar-refractivity contribution in [3.05, 3.63) is 101 Å². The number of hydrogen-bond donors (Lipinski definition) is 0. The first-order chi connectivity index (χ1) is 14.2. The molecule has 4 rings (SSSR count). The van der Waals surface area contributed by atoms with Gasteiger partial charge in [0.2, 0.25) is 0 Å². The molecule has 0 saturated carbocycles. The maximum Gasteiger partial charge on any atom is 0.164 e. The summed E-state index contributed by atoms with van der Waals surface area (Å²) in [5.74, 6) is 0.192. The number of carbonyl (C=O) groups is 1. The van der Waals surface area contributed by atoms with E-state index in [2.05, 4.69) is 80.3 Å². The van der Waals surface area contributed by atoms with E-state index in [9.17, 15) is 4.79 Å². The summed E-state index contributed by atoms with van der Waals surface area (Å²) < 4.78 is 0.991. The highest BCUT2D eigenvalue weighted by molar-refractivity contribution is 9.10. The predicted octanol–water partition coefficient (Wildman–Crippen LogP) is 5.59. The molecule has 0 aromatic heterocycles. The van der Waals surface area contributed by atoms with Gasteiger partial charge in [-0.1, -0.05) is 76.6 Å². The maximum atomic E-state index is 13.0. The number of carbonyl (C=O) groups excluding carboxylic acids is 1. The quantitative estimate of drug-likeness (QED) is 0.459. The van der Waals surface area contributed by atoms with Gasteiger partial charge in [0, 0.05) is 54.4 Å². The number of halogens is 1. The molecule has 3 nitrogen and oxygen atoms in total. The van der Waals surface area contributed by atoms with Gasteiger partial charge in [-0.15, -0.1) is 0 Å². The Kier molecular flexibility index (Phi) is 6.43. The van der Waals surface area contributed by atoms with Crippen LogP contribution in [0.5, 0.6) is 0 Å². The molecular weight excluding hydrogens is 424 g/mol. The van der Waals surface area contributed by atoms with Crippen LogP contribution in [-0.2, 0) is 0 Å². The van der Waals surface area contributed by atoms with Gasteiger partial charge in [0.25, 0.3) is 0 Å². The van der Waals surface area contributed by atoms with Crippen LogP contribution in [-0.4, -0.2) is 36.9 Å². The lowest BCUT2D eigenvalue weighted by Crippen LogP contribution is -2.48. The molecule has 0 aliphatic carbocycles. The first-order valence-corrected chi connectivity index (χ1v) is 10.9. The van der Waals surface area contributed by atoms with Crippen LogP contribution < -0.4 is 4.90 Å². The first kappa shape index (κ1) is 19.9. The van der Waals surface area contributed by atoms with E-state index in [4.69, 9.17) is 0 Å². The first-order valence-electron chi connectivity index (χ1n) is 10.1. The van der Waals surface area contributed by atoms with Crippen LogP contribution in [0.3, 0.4) is 0 Å². The van der Waals surface area contributed by atoms with E-state index >= 15 is 0 Å². The molecule has 0 radical (unpaired) electrons. The van der Waals surface area contributed by atoms with E-state index in [1.165, 1.54) is 11.3 Å². The van der Waals surface area contributed by atoms with Crippen molar-refractivity contribution in [3.63, 3.8) is 0 Å². The summed E-state index contributed by atoms with van der Waals surface area (Å²) in [6.45, 7) is 3.84. The monoisotopic (exact) mass is 448 g/mol. The van der Waals surface area contributed by atoms with Gasteiger partial charge >= 0.3 is 0 Å². The van der Waals surface area contributed by atoms with Gasteiger partial charge in [-0.25, -0.2) is 0 Å². The summed E-state index contributed by atoms with van der Waals surface area (Å²) in [6, 6.07) is 28.8. The Balaban J connectivity index is 1.49. The Bertz CT molecular complexity index is 920. The van der Waals surface area contributed by atoms with Crippen molar-refractivity contribution in [1.29, 1.82) is 0 Å². The fourth-order valence-electron chi connectivity index (χ4n) is 3.99. The highest BCUT2D eigenvalue weighted by atomic mass is 79.9. The standard InChI is InChI=1S/C25H25BrN2O/c26-22-13-11-21(12-14-22)25(29)19-24(20-7-3-1-4-8-20)28-17-15-27(16-18-28)23-9-5-2-6-10-23/h1-14,24H,15-19H2. The topological polar surface area (TPSA) is 23.6 Å². The Morgan fingerprint density at radius 3 is 2.00 bits per heavy atom. The molecule has 1 atom stereocenters. The third kappa shape index (κ3) is 4.95. The minimum Gasteiger partial charge on any atom is -0.369 e. The van der Waals surface area contributed by atoms with E-state index < -0.39 is 0 Å². The molecule has 1 unspecified atom stereocenters. The number of nitrogens with zero attached hydrogens (tertiary/aromatic N) is 2. The van der Waals surface area contributed by atoms with E-state index in [-0.39, 0.29) is 11.8 Å². The van der Waals surface area contributed by atoms with Crippen molar-refractivity contribution in [1.82, 2.24) is 4.90 Å². The summed E-state index contributed by atoms with van der Waals surface area (Å²) in [6.07, 6.45) is 0.497. The second-order valence-electron chi connectivity index (χ2n) is 7.42. The third-order valence-corrected chi connectivity index (χ3v) is 6.13. The molecule has 1 fully saturated rings. The molecule has 0 spiro atoms. The lowest BCUT2D eigenvalue weighted by atomic mass is 9.96. The molecule has 3 aromatic carbocycles. The van der Waals surface area contributed by atoms with Crippen molar-refractivity contribution >= 4 is 27.4 Å². The minimum atomic E-state index is 0.102. The molecule has 29 heavy (non-hydrogen) atoms. The second kappa shape index (κ2) is 9.38. The number of benzene rings is 3. The normalized spacial score (nSPS) is 15.8. The van der Waals surface area contributed by atoms with Gasteiger partial charge < -0.3 is 4.90 Å². The zero-order valence-corrected chi connectivity index (χ0v) is 18.0. The van der Waals surface area contributed by atoms with Crippen molar-refractivity contribution in [2.45, 2.75) is 12.5 Å². The number of rotatable bonds is 6. The van der Waals surface area contributed by atoms with Crippen molar-refractivity contribution in [2.75, 3.05) is 31.1 Å². The molecule has 1 saturated heterocycles. The van der Waals surface area contributed by atoms with Gasteiger partial charge in [-0.3, -0.25) is 9.69 Å². The van der Waals surface area contributed by atoms with Gasteiger partial charge in [0.15, 0.2) is 5.78 Å². The molecular formula is C25H25BrN2O. The molecule has 148 valence electrons. The summed E-state index contributed by atoms with van der Waals surface area (Å²) in [4.78, 5) is 17.9.